The molecule has 1 atom stereocenters. The van der Waals surface area contributed by atoms with Crippen LogP contribution < -0.4 is 0 Å². The molecule has 1 saturated heterocycles. The summed E-state index contributed by atoms with van der Waals surface area (Å²) >= 11 is 5.82. The van der Waals surface area contributed by atoms with Gasteiger partial charge in [0.15, 0.2) is 0 Å². The van der Waals surface area contributed by atoms with E-state index in [1.54, 1.807) is 11.1 Å². The molecule has 1 fully saturated rings. The minimum atomic E-state index is -0.522. The topological polar surface area (TPSA) is 51.0 Å². The minimum absolute atomic E-state index is 0.0364. The summed E-state index contributed by atoms with van der Waals surface area (Å²) in [6, 6.07) is 6.26. The molecule has 0 bridgehead atoms. The Labute approximate surface area is 161 Å². The first-order valence-electron chi connectivity index (χ1n) is 9.02. The predicted molar refractivity (Wildman–Crippen MR) is 103 cm³/mol. The van der Waals surface area contributed by atoms with Crippen LogP contribution in [0.2, 0.25) is 5.02 Å². The maximum atomic E-state index is 13.4. The van der Waals surface area contributed by atoms with Gasteiger partial charge in [-0.1, -0.05) is 11.6 Å². The number of halogens is 2. The molecule has 1 aliphatic heterocycles. The number of imidazole rings is 1. The monoisotopic (exact) mass is 386 g/mol. The average Bonchev–Trinajstić information content (AvgIpc) is 3.27. The minimum Gasteiger partial charge on any atom is -0.338 e. The van der Waals surface area contributed by atoms with E-state index in [0.717, 1.165) is 23.3 Å². The van der Waals surface area contributed by atoms with Crippen LogP contribution in [0.5, 0.6) is 0 Å². The second kappa shape index (κ2) is 6.93. The van der Waals surface area contributed by atoms with E-state index in [0.29, 0.717) is 18.7 Å². The van der Waals surface area contributed by atoms with Gasteiger partial charge in [-0.15, -0.1) is 0 Å². The van der Waals surface area contributed by atoms with E-state index in [4.69, 9.17) is 16.6 Å². The van der Waals surface area contributed by atoms with Gasteiger partial charge in [-0.05, 0) is 44.5 Å². The molecule has 1 aromatic carbocycles. The van der Waals surface area contributed by atoms with E-state index in [2.05, 4.69) is 23.4 Å². The van der Waals surface area contributed by atoms with Crippen LogP contribution in [0.1, 0.15) is 48.4 Å². The van der Waals surface area contributed by atoms with Crippen molar-refractivity contribution in [2.75, 3.05) is 13.1 Å². The van der Waals surface area contributed by atoms with Crippen molar-refractivity contribution in [1.29, 1.82) is 0 Å². The van der Waals surface area contributed by atoms with Gasteiger partial charge in [-0.2, -0.15) is 0 Å². The summed E-state index contributed by atoms with van der Waals surface area (Å²) in [5, 5.41) is -0.0364. The van der Waals surface area contributed by atoms with Gasteiger partial charge in [0.1, 0.15) is 11.6 Å². The molecule has 0 N–H and O–H groups in total. The Morgan fingerprint density at radius 3 is 2.89 bits per heavy atom. The fourth-order valence-corrected chi connectivity index (χ4v) is 3.94. The molecule has 1 amide bonds. The van der Waals surface area contributed by atoms with Crippen molar-refractivity contribution in [2.24, 2.45) is 0 Å². The molecule has 27 heavy (non-hydrogen) atoms. The molecule has 5 nitrogen and oxygen atoms in total. The molecule has 7 heteroatoms. The van der Waals surface area contributed by atoms with Crippen LogP contribution in [0.4, 0.5) is 4.39 Å². The van der Waals surface area contributed by atoms with Crippen LogP contribution in [-0.2, 0) is 0 Å². The van der Waals surface area contributed by atoms with Gasteiger partial charge in [0, 0.05) is 36.8 Å². The lowest BCUT2D eigenvalue weighted by atomic mass is 10.1. The Morgan fingerprint density at radius 2 is 2.15 bits per heavy atom. The van der Waals surface area contributed by atoms with Crippen molar-refractivity contribution >= 4 is 28.5 Å². The summed E-state index contributed by atoms with van der Waals surface area (Å²) in [4.78, 5) is 23.6. The lowest BCUT2D eigenvalue weighted by Gasteiger charge is -2.19. The molecule has 4 rings (SSSR count). The van der Waals surface area contributed by atoms with Gasteiger partial charge >= 0.3 is 0 Å². The SMILES string of the molecule is CC(C)n1c([C@H]2CCN(C(=O)c3ccc(F)c(Cl)c3)C2)nc2ccncc21. The number of fused-ring (bicyclic) bond motifs is 1. The van der Waals surface area contributed by atoms with E-state index in [-0.39, 0.29) is 22.9 Å². The highest BCUT2D eigenvalue weighted by Crippen LogP contribution is 2.32. The number of aromatic nitrogens is 3. The van der Waals surface area contributed by atoms with Gasteiger partial charge < -0.3 is 9.47 Å². The normalized spacial score (nSPS) is 17.2. The van der Waals surface area contributed by atoms with Crippen LogP contribution in [0, 0.1) is 5.82 Å². The van der Waals surface area contributed by atoms with Gasteiger partial charge in [0.25, 0.3) is 5.91 Å². The van der Waals surface area contributed by atoms with Crippen molar-refractivity contribution in [3.63, 3.8) is 0 Å². The standard InChI is InChI=1S/C20H20ClFN4O/c1-12(2)26-18-10-23-7-5-17(18)24-19(26)14-6-8-25(11-14)20(27)13-3-4-16(22)15(21)9-13/h3-5,7,9-10,12,14H,6,8,11H2,1-2H3/t14-/m0/s1. The number of hydrogen-bond acceptors (Lipinski definition) is 3. The zero-order chi connectivity index (χ0) is 19.1. The Bertz CT molecular complexity index is 1020. The van der Waals surface area contributed by atoms with Gasteiger partial charge in [0.2, 0.25) is 0 Å². The molecule has 3 heterocycles. The third-order valence-corrected chi connectivity index (χ3v) is 5.33. The van der Waals surface area contributed by atoms with Crippen LogP contribution in [0.15, 0.2) is 36.7 Å². The molecule has 0 unspecified atom stereocenters. The van der Waals surface area contributed by atoms with E-state index in [1.165, 1.54) is 18.2 Å². The van der Waals surface area contributed by atoms with Crippen molar-refractivity contribution in [2.45, 2.75) is 32.2 Å². The maximum Gasteiger partial charge on any atom is 0.253 e. The lowest BCUT2D eigenvalue weighted by Crippen LogP contribution is -2.28. The number of nitrogens with zero attached hydrogens (tertiary/aromatic N) is 4. The number of benzene rings is 1. The summed E-state index contributed by atoms with van der Waals surface area (Å²) in [6.45, 7) is 5.46. The first-order chi connectivity index (χ1) is 13.0. The van der Waals surface area contributed by atoms with Crippen molar-refractivity contribution in [3.05, 3.63) is 58.9 Å². The lowest BCUT2D eigenvalue weighted by molar-refractivity contribution is 0.0790. The molecular formula is C20H20ClFN4O. The number of amides is 1. The fraction of sp³-hybridized carbons (Fsp3) is 0.350. The van der Waals surface area contributed by atoms with Gasteiger partial charge in [0.05, 0.1) is 22.3 Å². The van der Waals surface area contributed by atoms with Crippen LogP contribution in [0.3, 0.4) is 0 Å². The zero-order valence-corrected chi connectivity index (χ0v) is 15.9. The second-order valence-electron chi connectivity index (χ2n) is 7.16. The molecule has 140 valence electrons. The summed E-state index contributed by atoms with van der Waals surface area (Å²) in [5.74, 6) is 0.486. The molecule has 2 aromatic heterocycles. The van der Waals surface area contributed by atoms with Crippen LogP contribution in [0.25, 0.3) is 11.0 Å². The third kappa shape index (κ3) is 3.18. The molecule has 0 radical (unpaired) electrons. The van der Waals surface area contributed by atoms with E-state index in [9.17, 15) is 9.18 Å². The highest BCUT2D eigenvalue weighted by atomic mass is 35.5. The predicted octanol–water partition coefficient (Wildman–Crippen LogP) is 4.43. The number of rotatable bonds is 3. The first kappa shape index (κ1) is 17.9. The Morgan fingerprint density at radius 1 is 1.33 bits per heavy atom. The number of hydrogen-bond donors (Lipinski definition) is 0. The van der Waals surface area contributed by atoms with E-state index in [1.807, 2.05) is 12.3 Å². The Hall–Kier alpha value is -2.47. The second-order valence-corrected chi connectivity index (χ2v) is 7.57. The number of pyridine rings is 1. The Kier molecular flexibility index (Phi) is 4.60. The van der Waals surface area contributed by atoms with Crippen molar-refractivity contribution in [3.8, 4) is 0 Å². The van der Waals surface area contributed by atoms with Gasteiger partial charge in [-0.3, -0.25) is 9.78 Å². The molecule has 0 aliphatic carbocycles. The third-order valence-electron chi connectivity index (χ3n) is 5.04. The molecular weight excluding hydrogens is 367 g/mol. The maximum absolute atomic E-state index is 13.4. The highest BCUT2D eigenvalue weighted by molar-refractivity contribution is 6.31. The highest BCUT2D eigenvalue weighted by Gasteiger charge is 2.32. The molecule has 3 aromatic rings. The molecule has 1 aliphatic rings. The largest absolute Gasteiger partial charge is 0.338 e. The van der Waals surface area contributed by atoms with Crippen LogP contribution >= 0.6 is 11.6 Å². The molecule has 0 saturated carbocycles. The van der Waals surface area contributed by atoms with E-state index < -0.39 is 5.82 Å². The average molecular weight is 387 g/mol. The quantitative estimate of drug-likeness (QED) is 0.668. The first-order valence-corrected chi connectivity index (χ1v) is 9.39. The zero-order valence-electron chi connectivity index (χ0n) is 15.2. The van der Waals surface area contributed by atoms with Crippen LogP contribution in [-0.4, -0.2) is 38.4 Å². The van der Waals surface area contributed by atoms with Crippen molar-refractivity contribution in [1.82, 2.24) is 19.4 Å². The summed E-state index contributed by atoms with van der Waals surface area (Å²) in [7, 11) is 0. The number of carbonyl (C=O) groups is 1. The molecule has 0 spiro atoms. The van der Waals surface area contributed by atoms with Crippen molar-refractivity contribution < 1.29 is 9.18 Å². The fourth-order valence-electron chi connectivity index (χ4n) is 3.76. The van der Waals surface area contributed by atoms with E-state index >= 15 is 0 Å². The summed E-state index contributed by atoms with van der Waals surface area (Å²) < 4.78 is 15.6. The van der Waals surface area contributed by atoms with Gasteiger partial charge in [-0.25, -0.2) is 9.37 Å². The summed E-state index contributed by atoms with van der Waals surface area (Å²) in [5.41, 5.74) is 2.34. The smallest absolute Gasteiger partial charge is 0.253 e. The Balaban J connectivity index is 1.61. The number of carbonyl (C=O) groups excluding carboxylic acids is 1. The number of likely N-dealkylation sites (tertiary alicyclic amines) is 1. The summed E-state index contributed by atoms with van der Waals surface area (Å²) in [6.07, 6.45) is 4.42.